The fraction of sp³-hybridized carbons (Fsp3) is 0.278. The summed E-state index contributed by atoms with van der Waals surface area (Å²) in [7, 11) is 3.28. The molecule has 0 fully saturated rings. The third-order valence-corrected chi connectivity index (χ3v) is 4.37. The lowest BCUT2D eigenvalue weighted by molar-refractivity contribution is 0.353. The topological polar surface area (TPSA) is 45.5 Å². The lowest BCUT2D eigenvalue weighted by Gasteiger charge is -2.32. The van der Waals surface area contributed by atoms with Gasteiger partial charge >= 0.3 is 0 Å². The maximum Gasteiger partial charge on any atom is 0.161 e. The van der Waals surface area contributed by atoms with E-state index in [0.29, 0.717) is 10.6 Å². The van der Waals surface area contributed by atoms with Crippen LogP contribution in [-0.4, -0.2) is 20.8 Å². The minimum absolute atomic E-state index is 0.578. The molecule has 0 aromatic heterocycles. The molecule has 118 valence electrons. The summed E-state index contributed by atoms with van der Waals surface area (Å²) in [6, 6.07) is 11.7. The first-order valence-electron chi connectivity index (χ1n) is 7.34. The van der Waals surface area contributed by atoms with Crippen LogP contribution in [0.4, 0.5) is 5.69 Å². The molecule has 5 heteroatoms. The van der Waals surface area contributed by atoms with E-state index in [1.54, 1.807) is 20.3 Å². The van der Waals surface area contributed by atoms with Crippen LogP contribution in [0.25, 0.3) is 0 Å². The Bertz CT molecular complexity index is 783. The lowest BCUT2D eigenvalue weighted by Crippen LogP contribution is -2.31. The zero-order chi connectivity index (χ0) is 16.4. The SMILES string of the molecule is COc1cc2c(cc1OC)CN(c1ccc(Cl)cc1C#N)CC2. The standard InChI is InChI=1S/C18H17ClN2O2/c1-22-17-8-12-5-6-21(11-14(12)9-18(17)23-2)16-4-3-15(19)7-13(16)10-20/h3-4,7-9H,5-6,11H2,1-2H3. The van der Waals surface area contributed by atoms with Crippen molar-refractivity contribution in [3.05, 3.63) is 52.0 Å². The summed E-state index contributed by atoms with van der Waals surface area (Å²) >= 11 is 5.99. The third kappa shape index (κ3) is 2.93. The summed E-state index contributed by atoms with van der Waals surface area (Å²) in [5, 5.41) is 9.93. The molecule has 1 heterocycles. The Morgan fingerprint density at radius 1 is 1.09 bits per heavy atom. The van der Waals surface area contributed by atoms with Gasteiger partial charge in [0, 0.05) is 18.1 Å². The highest BCUT2D eigenvalue weighted by Crippen LogP contribution is 2.35. The summed E-state index contributed by atoms with van der Waals surface area (Å²) < 4.78 is 10.8. The predicted molar refractivity (Wildman–Crippen MR) is 90.5 cm³/mol. The van der Waals surface area contributed by atoms with E-state index in [1.165, 1.54) is 11.1 Å². The molecule has 1 aliphatic rings. The van der Waals surface area contributed by atoms with E-state index < -0.39 is 0 Å². The van der Waals surface area contributed by atoms with Gasteiger partial charge in [0.1, 0.15) is 6.07 Å². The van der Waals surface area contributed by atoms with Crippen LogP contribution >= 0.6 is 11.6 Å². The van der Waals surface area contributed by atoms with Crippen molar-refractivity contribution in [2.45, 2.75) is 13.0 Å². The second kappa shape index (κ2) is 6.39. The van der Waals surface area contributed by atoms with Crippen molar-refractivity contribution in [3.63, 3.8) is 0 Å². The predicted octanol–water partition coefficient (Wildman–Crippen LogP) is 3.79. The number of nitriles is 1. The van der Waals surface area contributed by atoms with E-state index in [-0.39, 0.29) is 0 Å². The number of hydrogen-bond donors (Lipinski definition) is 0. The van der Waals surface area contributed by atoms with Crippen molar-refractivity contribution in [1.82, 2.24) is 0 Å². The number of ether oxygens (including phenoxy) is 2. The highest BCUT2D eigenvalue weighted by atomic mass is 35.5. The highest BCUT2D eigenvalue weighted by Gasteiger charge is 2.21. The molecule has 0 amide bonds. The molecule has 2 aromatic carbocycles. The number of rotatable bonds is 3. The molecule has 0 atom stereocenters. The Hall–Kier alpha value is -2.38. The minimum atomic E-state index is 0.578. The van der Waals surface area contributed by atoms with Crippen molar-refractivity contribution in [2.24, 2.45) is 0 Å². The van der Waals surface area contributed by atoms with Crippen molar-refractivity contribution in [2.75, 3.05) is 25.7 Å². The van der Waals surface area contributed by atoms with E-state index in [9.17, 15) is 5.26 Å². The van der Waals surface area contributed by atoms with Gasteiger partial charge in [0.25, 0.3) is 0 Å². The second-order valence-electron chi connectivity index (χ2n) is 5.42. The van der Waals surface area contributed by atoms with Gasteiger partial charge in [-0.2, -0.15) is 5.26 Å². The van der Waals surface area contributed by atoms with Gasteiger partial charge in [-0.1, -0.05) is 11.6 Å². The zero-order valence-electron chi connectivity index (χ0n) is 13.1. The van der Waals surface area contributed by atoms with Gasteiger partial charge in [0.2, 0.25) is 0 Å². The van der Waals surface area contributed by atoms with Crippen LogP contribution < -0.4 is 14.4 Å². The van der Waals surface area contributed by atoms with E-state index in [4.69, 9.17) is 21.1 Å². The molecule has 0 radical (unpaired) electrons. The average Bonchev–Trinajstić information content (AvgIpc) is 2.59. The molecule has 0 aliphatic carbocycles. The number of methoxy groups -OCH3 is 2. The first-order valence-corrected chi connectivity index (χ1v) is 7.72. The van der Waals surface area contributed by atoms with Gasteiger partial charge in [0.05, 0.1) is 25.5 Å². The molecule has 2 aromatic rings. The second-order valence-corrected chi connectivity index (χ2v) is 5.86. The van der Waals surface area contributed by atoms with Crippen molar-refractivity contribution in [3.8, 4) is 17.6 Å². The molecule has 23 heavy (non-hydrogen) atoms. The fourth-order valence-corrected chi connectivity index (χ4v) is 3.13. The van der Waals surface area contributed by atoms with Crippen molar-refractivity contribution >= 4 is 17.3 Å². The van der Waals surface area contributed by atoms with Crippen LogP contribution in [0.1, 0.15) is 16.7 Å². The van der Waals surface area contributed by atoms with Gasteiger partial charge in [-0.3, -0.25) is 0 Å². The molecule has 0 spiro atoms. The highest BCUT2D eigenvalue weighted by molar-refractivity contribution is 6.30. The van der Waals surface area contributed by atoms with Crippen LogP contribution in [-0.2, 0) is 13.0 Å². The van der Waals surface area contributed by atoms with Gasteiger partial charge in [0.15, 0.2) is 11.5 Å². The fourth-order valence-electron chi connectivity index (χ4n) is 2.96. The van der Waals surface area contributed by atoms with Gasteiger partial charge in [-0.25, -0.2) is 0 Å². The number of nitrogens with zero attached hydrogens (tertiary/aromatic N) is 2. The molecule has 4 nitrogen and oxygen atoms in total. The largest absolute Gasteiger partial charge is 0.493 e. The quantitative estimate of drug-likeness (QED) is 0.860. The van der Waals surface area contributed by atoms with E-state index >= 15 is 0 Å². The summed E-state index contributed by atoms with van der Waals surface area (Å²) in [6.07, 6.45) is 0.892. The normalized spacial score (nSPS) is 13.2. The summed E-state index contributed by atoms with van der Waals surface area (Å²) in [6.45, 7) is 1.57. The molecule has 0 N–H and O–H groups in total. The van der Waals surface area contributed by atoms with Crippen molar-refractivity contribution < 1.29 is 9.47 Å². The first kappa shape index (κ1) is 15.5. The Kier molecular flexibility index (Phi) is 4.31. The Balaban J connectivity index is 1.96. The summed E-state index contributed by atoms with van der Waals surface area (Å²) in [5.74, 6) is 1.48. The molecule has 0 unspecified atom stereocenters. The molecule has 0 saturated carbocycles. The molecular weight excluding hydrogens is 312 g/mol. The van der Waals surface area contributed by atoms with Crippen LogP contribution in [0.5, 0.6) is 11.5 Å². The summed E-state index contributed by atoms with van der Waals surface area (Å²) in [4.78, 5) is 2.20. The molecule has 0 saturated heterocycles. The van der Waals surface area contributed by atoms with Gasteiger partial charge in [-0.15, -0.1) is 0 Å². The number of benzene rings is 2. The number of fused-ring (bicyclic) bond motifs is 1. The maximum atomic E-state index is 9.35. The number of hydrogen-bond acceptors (Lipinski definition) is 4. The average molecular weight is 329 g/mol. The van der Waals surface area contributed by atoms with Crippen molar-refractivity contribution in [1.29, 1.82) is 5.26 Å². The molecule has 1 aliphatic heterocycles. The zero-order valence-corrected chi connectivity index (χ0v) is 13.9. The van der Waals surface area contributed by atoms with Crippen LogP contribution in [0.2, 0.25) is 5.02 Å². The molecule has 3 rings (SSSR count). The summed E-state index contributed by atoms with van der Waals surface area (Å²) in [5.41, 5.74) is 3.96. The van der Waals surface area contributed by atoms with E-state index in [0.717, 1.165) is 36.7 Å². The first-order chi connectivity index (χ1) is 11.2. The van der Waals surface area contributed by atoms with Crippen LogP contribution in [0.15, 0.2) is 30.3 Å². The van der Waals surface area contributed by atoms with Gasteiger partial charge in [-0.05, 0) is 47.9 Å². The number of halogens is 1. The van der Waals surface area contributed by atoms with E-state index in [1.807, 2.05) is 24.3 Å². The Morgan fingerprint density at radius 3 is 2.43 bits per heavy atom. The van der Waals surface area contributed by atoms with Crippen LogP contribution in [0.3, 0.4) is 0 Å². The number of anilines is 1. The maximum absolute atomic E-state index is 9.35. The Morgan fingerprint density at radius 2 is 1.78 bits per heavy atom. The molecular formula is C18H17ClN2O2. The van der Waals surface area contributed by atoms with Gasteiger partial charge < -0.3 is 14.4 Å². The molecule has 0 bridgehead atoms. The monoisotopic (exact) mass is 328 g/mol. The third-order valence-electron chi connectivity index (χ3n) is 4.14. The van der Waals surface area contributed by atoms with Crippen LogP contribution in [0, 0.1) is 11.3 Å². The lowest BCUT2D eigenvalue weighted by atomic mass is 9.97. The Labute approximate surface area is 140 Å². The van der Waals surface area contributed by atoms with E-state index in [2.05, 4.69) is 11.0 Å². The minimum Gasteiger partial charge on any atom is -0.493 e. The smallest absolute Gasteiger partial charge is 0.161 e.